The van der Waals surface area contributed by atoms with Gasteiger partial charge in [-0.15, -0.1) is 0 Å². The fourth-order valence-corrected chi connectivity index (χ4v) is 1.72. The highest BCUT2D eigenvalue weighted by Gasteiger charge is 2.14. The minimum absolute atomic E-state index is 0.859. The zero-order chi connectivity index (χ0) is 9.26. The molecule has 1 aliphatic rings. The van der Waals surface area contributed by atoms with Crippen molar-refractivity contribution in [3.63, 3.8) is 0 Å². The molecular weight excluding hydrogens is 162 g/mol. The van der Waals surface area contributed by atoms with E-state index in [1.54, 1.807) is 0 Å². The van der Waals surface area contributed by atoms with E-state index in [9.17, 15) is 0 Å². The minimum atomic E-state index is 0.859. The molecule has 1 aliphatic heterocycles. The lowest BCUT2D eigenvalue weighted by molar-refractivity contribution is 0.289. The van der Waals surface area contributed by atoms with Gasteiger partial charge in [0, 0.05) is 14.1 Å². The van der Waals surface area contributed by atoms with Gasteiger partial charge in [-0.3, -0.25) is 0 Å². The molecule has 0 saturated heterocycles. The molecule has 0 unspecified atom stereocenters. The van der Waals surface area contributed by atoms with E-state index < -0.39 is 0 Å². The molecule has 0 saturated carbocycles. The standard InChI is InChI=1S/C11H15NO/c1-12(2)10-7-3-5-9-6-4-8-13-11(9)10/h3,5,7H,4,6,8H2,1-2H3. The predicted octanol–water partition coefficient (Wildman–Crippen LogP) is 2.08. The second-order valence-corrected chi connectivity index (χ2v) is 3.61. The summed E-state index contributed by atoms with van der Waals surface area (Å²) in [6, 6.07) is 6.36. The Morgan fingerprint density at radius 3 is 2.92 bits per heavy atom. The van der Waals surface area contributed by atoms with Gasteiger partial charge in [-0.25, -0.2) is 0 Å². The predicted molar refractivity (Wildman–Crippen MR) is 54.6 cm³/mol. The first-order valence-corrected chi connectivity index (χ1v) is 4.71. The highest BCUT2D eigenvalue weighted by Crippen LogP contribution is 2.34. The number of nitrogens with zero attached hydrogens (tertiary/aromatic N) is 1. The van der Waals surface area contributed by atoms with Crippen molar-refractivity contribution in [3.8, 4) is 5.75 Å². The maximum Gasteiger partial charge on any atom is 0.145 e. The highest BCUT2D eigenvalue weighted by atomic mass is 16.5. The molecule has 2 rings (SSSR count). The van der Waals surface area contributed by atoms with Crippen LogP contribution in [0.4, 0.5) is 5.69 Å². The zero-order valence-corrected chi connectivity index (χ0v) is 8.21. The number of aryl methyl sites for hydroxylation is 1. The van der Waals surface area contributed by atoms with Crippen molar-refractivity contribution < 1.29 is 4.74 Å². The van der Waals surface area contributed by atoms with Crippen LogP contribution in [0.1, 0.15) is 12.0 Å². The monoisotopic (exact) mass is 177 g/mol. The molecule has 0 N–H and O–H groups in total. The summed E-state index contributed by atoms with van der Waals surface area (Å²) >= 11 is 0. The van der Waals surface area contributed by atoms with E-state index in [4.69, 9.17) is 4.74 Å². The van der Waals surface area contributed by atoms with E-state index in [0.717, 1.165) is 25.2 Å². The third-order valence-electron chi connectivity index (χ3n) is 2.39. The summed E-state index contributed by atoms with van der Waals surface area (Å²) in [7, 11) is 4.10. The Morgan fingerprint density at radius 2 is 2.15 bits per heavy atom. The summed E-state index contributed by atoms with van der Waals surface area (Å²) in [4.78, 5) is 2.10. The fraction of sp³-hybridized carbons (Fsp3) is 0.455. The molecule has 0 radical (unpaired) electrons. The molecule has 1 aromatic carbocycles. The molecule has 0 spiro atoms. The molecule has 0 aliphatic carbocycles. The number of para-hydroxylation sites is 1. The summed E-state index contributed by atoms with van der Waals surface area (Å²) in [5.41, 5.74) is 2.54. The van der Waals surface area contributed by atoms with E-state index in [0.29, 0.717) is 0 Å². The van der Waals surface area contributed by atoms with E-state index in [2.05, 4.69) is 23.1 Å². The Balaban J connectivity index is 2.46. The van der Waals surface area contributed by atoms with Crippen molar-refractivity contribution >= 4 is 5.69 Å². The molecule has 1 heterocycles. The van der Waals surface area contributed by atoms with Crippen molar-refractivity contribution in [2.24, 2.45) is 0 Å². The molecule has 0 fully saturated rings. The first kappa shape index (κ1) is 8.42. The molecule has 1 aromatic rings. The van der Waals surface area contributed by atoms with Gasteiger partial charge in [0.25, 0.3) is 0 Å². The van der Waals surface area contributed by atoms with Gasteiger partial charge in [0.2, 0.25) is 0 Å². The van der Waals surface area contributed by atoms with Gasteiger partial charge in [-0.05, 0) is 24.5 Å². The largest absolute Gasteiger partial charge is 0.491 e. The van der Waals surface area contributed by atoms with Crippen LogP contribution in [0, 0.1) is 0 Å². The average Bonchev–Trinajstić information content (AvgIpc) is 2.17. The van der Waals surface area contributed by atoms with Crippen molar-refractivity contribution in [3.05, 3.63) is 23.8 Å². The summed E-state index contributed by atoms with van der Waals surface area (Å²) in [6.45, 7) is 0.859. The molecule has 0 atom stereocenters. The Kier molecular flexibility index (Phi) is 2.13. The van der Waals surface area contributed by atoms with Crippen LogP contribution in [0.25, 0.3) is 0 Å². The zero-order valence-electron chi connectivity index (χ0n) is 8.21. The smallest absolute Gasteiger partial charge is 0.145 e. The van der Waals surface area contributed by atoms with Gasteiger partial charge in [0.1, 0.15) is 5.75 Å². The molecule has 70 valence electrons. The second kappa shape index (κ2) is 3.29. The van der Waals surface area contributed by atoms with E-state index in [1.807, 2.05) is 14.1 Å². The summed E-state index contributed by atoms with van der Waals surface area (Å²) < 4.78 is 5.67. The van der Waals surface area contributed by atoms with Gasteiger partial charge >= 0.3 is 0 Å². The third kappa shape index (κ3) is 1.48. The van der Waals surface area contributed by atoms with Gasteiger partial charge in [0.05, 0.1) is 12.3 Å². The SMILES string of the molecule is CN(C)c1cccc2c1OCCC2. The summed E-state index contributed by atoms with van der Waals surface area (Å²) in [5, 5.41) is 0. The Labute approximate surface area is 79.1 Å². The fourth-order valence-electron chi connectivity index (χ4n) is 1.72. The molecule has 13 heavy (non-hydrogen) atoms. The molecular formula is C11H15NO. The van der Waals surface area contributed by atoms with E-state index >= 15 is 0 Å². The van der Waals surface area contributed by atoms with Gasteiger partial charge in [-0.2, -0.15) is 0 Å². The van der Waals surface area contributed by atoms with Crippen LogP contribution in [0.2, 0.25) is 0 Å². The second-order valence-electron chi connectivity index (χ2n) is 3.61. The van der Waals surface area contributed by atoms with Gasteiger partial charge < -0.3 is 9.64 Å². The van der Waals surface area contributed by atoms with Crippen LogP contribution >= 0.6 is 0 Å². The number of ether oxygens (including phenoxy) is 1. The van der Waals surface area contributed by atoms with Gasteiger partial charge in [-0.1, -0.05) is 12.1 Å². The van der Waals surface area contributed by atoms with Crippen molar-refractivity contribution in [1.29, 1.82) is 0 Å². The van der Waals surface area contributed by atoms with Crippen LogP contribution in [0.3, 0.4) is 0 Å². The lowest BCUT2D eigenvalue weighted by Gasteiger charge is -2.23. The van der Waals surface area contributed by atoms with Crippen LogP contribution in [-0.2, 0) is 6.42 Å². The molecule has 2 heteroatoms. The van der Waals surface area contributed by atoms with Crippen molar-refractivity contribution in [1.82, 2.24) is 0 Å². The normalized spacial score (nSPS) is 14.6. The number of anilines is 1. The van der Waals surface area contributed by atoms with Crippen molar-refractivity contribution in [2.75, 3.05) is 25.6 Å². The quantitative estimate of drug-likeness (QED) is 0.651. The lowest BCUT2D eigenvalue weighted by Crippen LogP contribution is -2.15. The molecule has 0 aromatic heterocycles. The molecule has 2 nitrogen and oxygen atoms in total. The first-order valence-electron chi connectivity index (χ1n) is 4.71. The Bertz CT molecular complexity index is 307. The lowest BCUT2D eigenvalue weighted by atomic mass is 10.1. The summed E-state index contributed by atoms with van der Waals surface area (Å²) in [5.74, 6) is 1.08. The molecule has 0 amide bonds. The number of benzene rings is 1. The number of fused-ring (bicyclic) bond motifs is 1. The molecule has 0 bridgehead atoms. The number of hydrogen-bond acceptors (Lipinski definition) is 2. The number of rotatable bonds is 1. The summed E-state index contributed by atoms with van der Waals surface area (Å²) in [6.07, 6.45) is 2.29. The van der Waals surface area contributed by atoms with E-state index in [1.165, 1.54) is 11.3 Å². The van der Waals surface area contributed by atoms with Crippen LogP contribution in [-0.4, -0.2) is 20.7 Å². The maximum atomic E-state index is 5.67. The van der Waals surface area contributed by atoms with E-state index in [-0.39, 0.29) is 0 Å². The van der Waals surface area contributed by atoms with Crippen LogP contribution < -0.4 is 9.64 Å². The Hall–Kier alpha value is -1.18. The maximum absolute atomic E-state index is 5.67. The Morgan fingerprint density at radius 1 is 1.31 bits per heavy atom. The highest BCUT2D eigenvalue weighted by molar-refractivity contribution is 5.61. The van der Waals surface area contributed by atoms with Crippen LogP contribution in [0.15, 0.2) is 18.2 Å². The third-order valence-corrected chi connectivity index (χ3v) is 2.39. The topological polar surface area (TPSA) is 12.5 Å². The van der Waals surface area contributed by atoms with Crippen LogP contribution in [0.5, 0.6) is 5.75 Å². The van der Waals surface area contributed by atoms with Gasteiger partial charge in [0.15, 0.2) is 0 Å². The minimum Gasteiger partial charge on any atom is -0.491 e. The van der Waals surface area contributed by atoms with Crippen molar-refractivity contribution in [2.45, 2.75) is 12.8 Å². The first-order chi connectivity index (χ1) is 6.29. The average molecular weight is 177 g/mol. The number of hydrogen-bond donors (Lipinski definition) is 0.